The summed E-state index contributed by atoms with van der Waals surface area (Å²) in [7, 11) is 1.46. The lowest BCUT2D eigenvalue weighted by Gasteiger charge is -2.26. The Hall–Kier alpha value is -0.960. The molecule has 0 bridgehead atoms. The second kappa shape index (κ2) is 18.6. The summed E-state index contributed by atoms with van der Waals surface area (Å²) in [5.74, 6) is -0.208. The van der Waals surface area contributed by atoms with Crippen LogP contribution in [0.2, 0.25) is 0 Å². The number of benzene rings is 1. The molecule has 1 aromatic carbocycles. The van der Waals surface area contributed by atoms with Crippen molar-refractivity contribution in [2.75, 3.05) is 7.11 Å². The summed E-state index contributed by atoms with van der Waals surface area (Å²) in [5.41, 5.74) is 1.14. The zero-order valence-corrected chi connectivity index (χ0v) is 21.3. The van der Waals surface area contributed by atoms with Gasteiger partial charge in [-0.05, 0) is 18.4 Å². The van der Waals surface area contributed by atoms with Crippen molar-refractivity contribution >= 4 is 18.6 Å². The van der Waals surface area contributed by atoms with Crippen molar-refractivity contribution in [2.45, 2.75) is 127 Å². The highest BCUT2D eigenvalue weighted by Gasteiger charge is 2.35. The van der Waals surface area contributed by atoms with Crippen molar-refractivity contribution in [3.63, 3.8) is 0 Å². The van der Waals surface area contributed by atoms with Crippen molar-refractivity contribution in [3.8, 4) is 0 Å². The van der Waals surface area contributed by atoms with E-state index in [-0.39, 0.29) is 5.97 Å². The fourth-order valence-corrected chi connectivity index (χ4v) is 4.78. The van der Waals surface area contributed by atoms with Crippen LogP contribution < -0.4 is 0 Å². The lowest BCUT2D eigenvalue weighted by molar-refractivity contribution is -0.143. The van der Waals surface area contributed by atoms with Gasteiger partial charge in [-0.2, -0.15) is 12.6 Å². The summed E-state index contributed by atoms with van der Waals surface area (Å²) in [6.07, 6.45) is 23.1. The molecule has 0 aliphatic heterocycles. The Kier molecular flexibility index (Phi) is 16.8. The minimum Gasteiger partial charge on any atom is -0.468 e. The number of thiol groups is 1. The van der Waals surface area contributed by atoms with E-state index in [2.05, 4.69) is 19.1 Å². The Balaban J connectivity index is 2.02. The van der Waals surface area contributed by atoms with Crippen LogP contribution in [0.3, 0.4) is 0 Å². The minimum absolute atomic E-state index is 0.208. The molecule has 0 saturated carbocycles. The maximum absolute atomic E-state index is 12.3. The van der Waals surface area contributed by atoms with Crippen LogP contribution in [-0.4, -0.2) is 17.8 Å². The van der Waals surface area contributed by atoms with Gasteiger partial charge in [0.05, 0.1) is 7.11 Å². The molecule has 3 heteroatoms. The zero-order chi connectivity index (χ0) is 22.6. The molecule has 0 aliphatic carbocycles. The molecule has 0 N–H and O–H groups in total. The Morgan fingerprint density at radius 3 is 1.58 bits per heavy atom. The van der Waals surface area contributed by atoms with Crippen molar-refractivity contribution in [2.24, 2.45) is 0 Å². The van der Waals surface area contributed by atoms with Gasteiger partial charge in [-0.3, -0.25) is 4.79 Å². The van der Waals surface area contributed by atoms with Crippen LogP contribution in [0.4, 0.5) is 0 Å². The molecule has 2 nitrogen and oxygen atoms in total. The van der Waals surface area contributed by atoms with E-state index in [1.54, 1.807) is 0 Å². The summed E-state index contributed by atoms with van der Waals surface area (Å²) >= 11 is 4.76. The number of hydrogen-bond acceptors (Lipinski definition) is 3. The van der Waals surface area contributed by atoms with Crippen LogP contribution >= 0.6 is 12.6 Å². The molecular formula is C28H48O2S. The average molecular weight is 449 g/mol. The summed E-state index contributed by atoms with van der Waals surface area (Å²) in [4.78, 5) is 12.3. The van der Waals surface area contributed by atoms with Crippen molar-refractivity contribution in [3.05, 3.63) is 35.9 Å². The summed E-state index contributed by atoms with van der Waals surface area (Å²) < 4.78 is 4.34. The van der Waals surface area contributed by atoms with Gasteiger partial charge in [-0.25, -0.2) is 0 Å². The Morgan fingerprint density at radius 1 is 0.742 bits per heavy atom. The first-order chi connectivity index (χ1) is 15.1. The van der Waals surface area contributed by atoms with Crippen LogP contribution in [0.1, 0.15) is 122 Å². The van der Waals surface area contributed by atoms with E-state index in [1.807, 2.05) is 18.2 Å². The molecule has 0 saturated heterocycles. The summed E-state index contributed by atoms with van der Waals surface area (Å²) in [6.45, 7) is 2.28. The highest BCUT2D eigenvalue weighted by molar-refractivity contribution is 7.82. The molecular weight excluding hydrogens is 400 g/mol. The Labute approximate surface area is 198 Å². The third-order valence-electron chi connectivity index (χ3n) is 6.35. The maximum atomic E-state index is 12.3. The van der Waals surface area contributed by atoms with E-state index < -0.39 is 4.75 Å². The number of unbranched alkanes of at least 4 members (excludes halogenated alkanes) is 15. The normalized spacial score (nSPS) is 13.1. The van der Waals surface area contributed by atoms with E-state index in [4.69, 9.17) is 17.4 Å². The van der Waals surface area contributed by atoms with Gasteiger partial charge in [0.2, 0.25) is 0 Å². The second-order valence-corrected chi connectivity index (χ2v) is 10.1. The lowest BCUT2D eigenvalue weighted by Crippen LogP contribution is -2.36. The molecule has 178 valence electrons. The minimum atomic E-state index is -0.716. The molecule has 1 rings (SSSR count). The molecule has 0 spiro atoms. The van der Waals surface area contributed by atoms with Crippen molar-refractivity contribution < 1.29 is 9.53 Å². The van der Waals surface area contributed by atoms with Crippen LogP contribution in [0.15, 0.2) is 30.3 Å². The molecule has 31 heavy (non-hydrogen) atoms. The second-order valence-electron chi connectivity index (χ2n) is 9.24. The number of hydrogen-bond donors (Lipinski definition) is 1. The molecule has 0 aromatic heterocycles. The fourth-order valence-electron chi connectivity index (χ4n) is 4.35. The SMILES string of the molecule is CCCCCCCCCCCCCCCCCCC(S)(Cc1ccccc1)C(=O)OC. The molecule has 0 heterocycles. The first kappa shape index (κ1) is 28.1. The quantitative estimate of drug-likeness (QED) is 0.123. The largest absolute Gasteiger partial charge is 0.468 e. The predicted molar refractivity (Wildman–Crippen MR) is 138 cm³/mol. The fraction of sp³-hybridized carbons (Fsp3) is 0.750. The van der Waals surface area contributed by atoms with E-state index >= 15 is 0 Å². The van der Waals surface area contributed by atoms with Gasteiger partial charge in [-0.15, -0.1) is 0 Å². The highest BCUT2D eigenvalue weighted by Crippen LogP contribution is 2.29. The van der Waals surface area contributed by atoms with E-state index in [9.17, 15) is 4.79 Å². The molecule has 0 amide bonds. The zero-order valence-electron chi connectivity index (χ0n) is 20.4. The molecule has 1 unspecified atom stereocenters. The molecule has 1 atom stereocenters. The topological polar surface area (TPSA) is 26.3 Å². The van der Waals surface area contributed by atoms with E-state index in [0.29, 0.717) is 6.42 Å². The van der Waals surface area contributed by atoms with Crippen molar-refractivity contribution in [1.29, 1.82) is 0 Å². The third kappa shape index (κ3) is 13.9. The van der Waals surface area contributed by atoms with Gasteiger partial charge in [0, 0.05) is 0 Å². The molecule has 1 aromatic rings. The number of ether oxygens (including phenoxy) is 1. The first-order valence-electron chi connectivity index (χ1n) is 13.0. The Bertz CT molecular complexity index is 545. The van der Waals surface area contributed by atoms with Crippen LogP contribution in [-0.2, 0) is 16.0 Å². The highest BCUT2D eigenvalue weighted by atomic mass is 32.1. The number of carbonyl (C=O) groups excluding carboxylic acids is 1. The molecule has 0 aliphatic rings. The van der Waals surface area contributed by atoms with Gasteiger partial charge < -0.3 is 4.74 Å². The summed E-state index contributed by atoms with van der Waals surface area (Å²) in [5, 5.41) is 0. The van der Waals surface area contributed by atoms with Gasteiger partial charge in [0.25, 0.3) is 0 Å². The Morgan fingerprint density at radius 2 is 1.16 bits per heavy atom. The predicted octanol–water partition coefficient (Wildman–Crippen LogP) is 8.72. The number of esters is 1. The maximum Gasteiger partial charge on any atom is 0.322 e. The standard InChI is InChI=1S/C28H48O2S/c1-3-4-5-6-7-8-9-10-11-12-13-14-15-16-17-21-24-28(31,27(29)30-2)25-26-22-19-18-20-23-26/h18-20,22-23,31H,3-17,21,24-25H2,1-2H3. The van der Waals surface area contributed by atoms with Crippen LogP contribution in [0.5, 0.6) is 0 Å². The number of carbonyl (C=O) groups is 1. The van der Waals surface area contributed by atoms with Gasteiger partial charge in [-0.1, -0.05) is 140 Å². The van der Waals surface area contributed by atoms with E-state index in [1.165, 1.54) is 103 Å². The molecule has 0 radical (unpaired) electrons. The number of rotatable bonds is 20. The van der Waals surface area contributed by atoms with Crippen molar-refractivity contribution in [1.82, 2.24) is 0 Å². The van der Waals surface area contributed by atoms with Crippen LogP contribution in [0.25, 0.3) is 0 Å². The first-order valence-corrected chi connectivity index (χ1v) is 13.4. The number of methoxy groups -OCH3 is 1. The van der Waals surface area contributed by atoms with Gasteiger partial charge >= 0.3 is 5.97 Å². The van der Waals surface area contributed by atoms with Gasteiger partial charge in [0.1, 0.15) is 4.75 Å². The smallest absolute Gasteiger partial charge is 0.322 e. The lowest BCUT2D eigenvalue weighted by atomic mass is 9.92. The van der Waals surface area contributed by atoms with Crippen LogP contribution in [0, 0.1) is 0 Å². The average Bonchev–Trinajstić information content (AvgIpc) is 2.78. The van der Waals surface area contributed by atoms with E-state index in [0.717, 1.165) is 18.4 Å². The summed E-state index contributed by atoms with van der Waals surface area (Å²) in [6, 6.07) is 10.1. The molecule has 0 fully saturated rings. The monoisotopic (exact) mass is 448 g/mol. The van der Waals surface area contributed by atoms with Gasteiger partial charge in [0.15, 0.2) is 0 Å². The third-order valence-corrected chi connectivity index (χ3v) is 6.91.